The third-order valence-electron chi connectivity index (χ3n) is 11.6. The van der Waals surface area contributed by atoms with Crippen molar-refractivity contribution in [1.29, 1.82) is 0 Å². The van der Waals surface area contributed by atoms with Crippen molar-refractivity contribution in [3.05, 3.63) is 182 Å². The van der Waals surface area contributed by atoms with Crippen LogP contribution in [-0.4, -0.2) is 51.8 Å². The van der Waals surface area contributed by atoms with Gasteiger partial charge in [0.15, 0.2) is 0 Å². The highest BCUT2D eigenvalue weighted by Gasteiger charge is 2.43. The molecule has 2 aliphatic rings. The topological polar surface area (TPSA) is 77.8 Å². The lowest BCUT2D eigenvalue weighted by atomic mass is 9.62. The number of para-hydroxylation sites is 10. The molecule has 58 heavy (non-hydrogen) atoms. The minimum absolute atomic E-state index is 0.270. The molecule has 0 bridgehead atoms. The molecule has 12 heteroatoms. The number of anilines is 6. The molecule has 0 fully saturated rings. The van der Waals surface area contributed by atoms with Crippen molar-refractivity contribution in [2.75, 3.05) is 9.80 Å². The fourth-order valence-electron chi connectivity index (χ4n) is 9.18. The number of rotatable bonds is 4. The Morgan fingerprint density at radius 1 is 0.276 bits per heavy atom. The van der Waals surface area contributed by atoms with E-state index in [0.717, 1.165) is 90.2 Å². The molecule has 0 spiro atoms. The van der Waals surface area contributed by atoms with Crippen molar-refractivity contribution in [1.82, 2.24) is 37.8 Å². The van der Waals surface area contributed by atoms with E-state index >= 15 is 0 Å². The summed E-state index contributed by atoms with van der Waals surface area (Å²) in [6.45, 7) is -0.541. The molecule has 6 heterocycles. The van der Waals surface area contributed by atoms with Gasteiger partial charge in [0.25, 0.3) is 0 Å². The molecule has 4 aromatic heterocycles. The highest BCUT2D eigenvalue weighted by atomic mass is 15.4. The lowest BCUT2D eigenvalue weighted by Gasteiger charge is -2.35. The zero-order valence-electron chi connectivity index (χ0n) is 30.9. The van der Waals surface area contributed by atoms with E-state index in [2.05, 4.69) is 198 Å². The van der Waals surface area contributed by atoms with Gasteiger partial charge in [0.2, 0.25) is 23.8 Å². The Morgan fingerprint density at radius 3 is 0.828 bits per heavy atom. The molecular weight excluding hydrogens is 714 g/mol. The number of aromatic nitrogens is 8. The zero-order chi connectivity index (χ0) is 37.9. The van der Waals surface area contributed by atoms with Crippen LogP contribution in [0, 0.1) is 0 Å². The summed E-state index contributed by atoms with van der Waals surface area (Å²) >= 11 is 0. The lowest BCUT2D eigenvalue weighted by Crippen LogP contribution is -2.52. The van der Waals surface area contributed by atoms with Gasteiger partial charge >= 0.3 is 14.0 Å². The van der Waals surface area contributed by atoms with Crippen LogP contribution in [0.2, 0.25) is 0 Å². The molecule has 7 aromatic carbocycles. The molecule has 0 aliphatic carbocycles. The van der Waals surface area contributed by atoms with Crippen molar-refractivity contribution < 1.29 is 0 Å². The largest absolute Gasteiger partial charge is 0.425 e. The molecule has 0 saturated carbocycles. The van der Waals surface area contributed by atoms with Gasteiger partial charge in [0.1, 0.15) is 0 Å². The van der Waals surface area contributed by atoms with E-state index in [1.807, 2.05) is 12.1 Å². The quantitative estimate of drug-likeness (QED) is 0.169. The fourth-order valence-corrected chi connectivity index (χ4v) is 9.18. The van der Waals surface area contributed by atoms with Crippen LogP contribution < -0.4 is 20.7 Å². The first kappa shape index (κ1) is 31.4. The summed E-state index contributed by atoms with van der Waals surface area (Å²) in [6, 6.07) is 63.5. The summed E-state index contributed by atoms with van der Waals surface area (Å²) in [4.78, 5) is 25.5. The Morgan fingerprint density at radius 2 is 0.534 bits per heavy atom. The van der Waals surface area contributed by atoms with Gasteiger partial charge in [-0.15, -0.1) is 0 Å². The highest BCUT2D eigenvalue weighted by Crippen LogP contribution is 2.43. The second kappa shape index (κ2) is 11.8. The van der Waals surface area contributed by atoms with E-state index in [1.54, 1.807) is 0 Å². The molecule has 11 aromatic rings. The summed E-state index contributed by atoms with van der Waals surface area (Å²) in [5.74, 6) is 3.28. The fraction of sp³-hybridized carbons (Fsp3) is 0. The number of hydrogen-bond donors (Lipinski definition) is 0. The molecule has 270 valence electrons. The summed E-state index contributed by atoms with van der Waals surface area (Å²) in [5.41, 5.74) is 12.1. The zero-order valence-corrected chi connectivity index (χ0v) is 30.9. The van der Waals surface area contributed by atoms with Gasteiger partial charge in [-0.2, -0.15) is 0 Å². The average molecular weight is 744 g/mol. The maximum absolute atomic E-state index is 5.29. The van der Waals surface area contributed by atoms with Gasteiger partial charge in [0.05, 0.1) is 55.5 Å². The third kappa shape index (κ3) is 4.28. The standard InChI is InChI=1S/C46H30B2N10/c1-3-15-33(16-4-1)53-43-49-35-19-7-11-23-39(35)55(43)47(56-40-24-12-8-20-36(40)50-44(53)56)31-27-29-32(30-28-31)48-57-41-25-13-9-21-37(41)51-45(57)54(34-17-5-2-6-18-34)46-52-38-22-10-14-26-42(38)58(46)48/h1-30H. The predicted octanol–water partition coefficient (Wildman–Crippen LogP) is 8.24. The van der Waals surface area contributed by atoms with E-state index in [4.69, 9.17) is 19.9 Å². The first-order chi connectivity index (χ1) is 28.8. The maximum Gasteiger partial charge on any atom is 0.425 e. The molecular formula is C46H30B2N10. The normalized spacial score (nSPS) is 13.4. The summed E-state index contributed by atoms with van der Waals surface area (Å²) in [7, 11) is 0. The molecule has 10 nitrogen and oxygen atoms in total. The molecule has 2 aliphatic heterocycles. The minimum atomic E-state index is -0.270. The van der Waals surface area contributed by atoms with Crippen LogP contribution in [0.1, 0.15) is 0 Å². The second-order valence-electron chi connectivity index (χ2n) is 14.8. The SMILES string of the molecule is c1ccc(N2c3nc4ccccc4n3B(c3ccc(B4n5c(nc6ccccc65)N(c5ccccc5)c5nc6ccccc6n54)cc3)n3c2nc2ccccc23)cc1. The third-order valence-corrected chi connectivity index (χ3v) is 11.6. The van der Waals surface area contributed by atoms with E-state index in [-0.39, 0.29) is 14.0 Å². The van der Waals surface area contributed by atoms with Gasteiger partial charge in [0, 0.05) is 0 Å². The smallest absolute Gasteiger partial charge is 0.329 e. The van der Waals surface area contributed by atoms with Crippen molar-refractivity contribution in [3.63, 3.8) is 0 Å². The van der Waals surface area contributed by atoms with Gasteiger partial charge in [-0.05, 0) is 83.7 Å². The predicted molar refractivity (Wildman–Crippen MR) is 234 cm³/mol. The molecule has 0 saturated heterocycles. The number of fused-ring (bicyclic) bond motifs is 12. The van der Waals surface area contributed by atoms with Gasteiger partial charge in [-0.1, -0.05) is 109 Å². The second-order valence-corrected chi connectivity index (χ2v) is 14.8. The van der Waals surface area contributed by atoms with Crippen LogP contribution in [0.25, 0.3) is 44.1 Å². The molecule has 0 amide bonds. The Hall–Kier alpha value is -7.85. The highest BCUT2D eigenvalue weighted by molar-refractivity contribution is 6.75. The van der Waals surface area contributed by atoms with E-state index < -0.39 is 0 Å². The van der Waals surface area contributed by atoms with Crippen LogP contribution >= 0.6 is 0 Å². The van der Waals surface area contributed by atoms with Crippen LogP contribution in [0.4, 0.5) is 35.2 Å². The van der Waals surface area contributed by atoms with Gasteiger partial charge in [-0.25, -0.2) is 19.9 Å². The van der Waals surface area contributed by atoms with E-state index in [9.17, 15) is 0 Å². The van der Waals surface area contributed by atoms with E-state index in [0.29, 0.717) is 0 Å². The molecule has 0 radical (unpaired) electrons. The summed E-state index contributed by atoms with van der Waals surface area (Å²) < 4.78 is 9.44. The molecule has 0 unspecified atom stereocenters. The Labute approximate surface area is 332 Å². The van der Waals surface area contributed by atoms with E-state index in [1.165, 1.54) is 0 Å². The van der Waals surface area contributed by atoms with Crippen LogP contribution in [0.5, 0.6) is 0 Å². The molecule has 0 N–H and O–H groups in total. The Bertz CT molecular complexity index is 3000. The lowest BCUT2D eigenvalue weighted by molar-refractivity contribution is 0.959. The maximum atomic E-state index is 5.29. The number of benzene rings is 7. The summed E-state index contributed by atoms with van der Waals surface area (Å²) in [5, 5.41) is 0. The van der Waals surface area contributed by atoms with Gasteiger partial charge in [-0.3, -0.25) is 9.80 Å². The average Bonchev–Trinajstić information content (AvgIpc) is 4.06. The van der Waals surface area contributed by atoms with Crippen molar-refractivity contribution in [2.24, 2.45) is 0 Å². The Kier molecular flexibility index (Phi) is 6.40. The molecule has 0 atom stereocenters. The van der Waals surface area contributed by atoms with Crippen LogP contribution in [0.3, 0.4) is 0 Å². The van der Waals surface area contributed by atoms with Crippen LogP contribution in [-0.2, 0) is 0 Å². The van der Waals surface area contributed by atoms with Crippen LogP contribution in [0.15, 0.2) is 182 Å². The first-order valence-corrected chi connectivity index (χ1v) is 19.5. The first-order valence-electron chi connectivity index (χ1n) is 19.5. The van der Waals surface area contributed by atoms with Crippen molar-refractivity contribution >= 4 is 104 Å². The number of hydrogen-bond acceptors (Lipinski definition) is 6. The minimum Gasteiger partial charge on any atom is -0.329 e. The monoisotopic (exact) mass is 744 g/mol. The van der Waals surface area contributed by atoms with Crippen molar-refractivity contribution in [2.45, 2.75) is 0 Å². The van der Waals surface area contributed by atoms with Crippen molar-refractivity contribution in [3.8, 4) is 0 Å². The number of nitrogens with zero attached hydrogens (tertiary/aromatic N) is 10. The Balaban J connectivity index is 1.04. The molecule has 13 rings (SSSR count). The number of imidazole rings is 4. The van der Waals surface area contributed by atoms with Gasteiger partial charge < -0.3 is 17.9 Å². The summed E-state index contributed by atoms with van der Waals surface area (Å²) in [6.07, 6.45) is 0.